The first-order valence-corrected chi connectivity index (χ1v) is 6.60. The molecule has 0 amide bonds. The first kappa shape index (κ1) is 9.75. The van der Waals surface area contributed by atoms with Gasteiger partial charge in [-0.1, -0.05) is 0 Å². The molecule has 1 aliphatic heterocycles. The minimum Gasteiger partial charge on any atom is -0.317 e. The predicted octanol–water partition coefficient (Wildman–Crippen LogP) is 1.37. The predicted molar refractivity (Wildman–Crippen MR) is 61.9 cm³/mol. The third-order valence-corrected chi connectivity index (χ3v) is 4.55. The summed E-state index contributed by atoms with van der Waals surface area (Å²) in [5.74, 6) is 0. The Hall–Kier alpha value is -0.450. The van der Waals surface area contributed by atoms with Crippen molar-refractivity contribution in [1.29, 1.82) is 0 Å². The van der Waals surface area contributed by atoms with Crippen LogP contribution in [-0.2, 0) is 6.54 Å². The number of hydrogen-bond donors (Lipinski definition) is 2. The summed E-state index contributed by atoms with van der Waals surface area (Å²) in [6.45, 7) is 3.36. The molecule has 15 heavy (non-hydrogen) atoms. The molecule has 2 fully saturated rings. The van der Waals surface area contributed by atoms with Gasteiger partial charge in [0.2, 0.25) is 0 Å². The van der Waals surface area contributed by atoms with Crippen LogP contribution in [0.5, 0.6) is 0 Å². The van der Waals surface area contributed by atoms with Gasteiger partial charge in [0.25, 0.3) is 0 Å². The molecule has 0 radical (unpaired) electrons. The van der Waals surface area contributed by atoms with Gasteiger partial charge in [-0.2, -0.15) is 0 Å². The fourth-order valence-corrected chi connectivity index (χ4v) is 3.23. The van der Waals surface area contributed by atoms with E-state index >= 15 is 0 Å². The molecule has 82 valence electrons. The van der Waals surface area contributed by atoms with E-state index in [4.69, 9.17) is 0 Å². The van der Waals surface area contributed by atoms with Crippen molar-refractivity contribution in [2.75, 3.05) is 13.1 Å². The maximum atomic E-state index is 4.29. The van der Waals surface area contributed by atoms with Crippen LogP contribution in [0.4, 0.5) is 0 Å². The standard InChI is InChI=1S/C11H17N3S/c1-3-12-4-2-11(1)7-9(11)14-8-10-13-5-6-15-10/h5-6,9,12,14H,1-4,7-8H2. The second-order valence-electron chi connectivity index (χ2n) is 4.68. The minimum absolute atomic E-state index is 0.641. The average Bonchev–Trinajstić information content (AvgIpc) is 2.74. The first-order chi connectivity index (χ1) is 7.39. The highest BCUT2D eigenvalue weighted by atomic mass is 32.1. The van der Waals surface area contributed by atoms with Crippen LogP contribution in [0, 0.1) is 5.41 Å². The summed E-state index contributed by atoms with van der Waals surface area (Å²) in [6.07, 6.45) is 5.96. The summed E-state index contributed by atoms with van der Waals surface area (Å²) in [7, 11) is 0. The van der Waals surface area contributed by atoms with E-state index in [1.165, 1.54) is 37.4 Å². The molecule has 1 unspecified atom stereocenters. The van der Waals surface area contributed by atoms with E-state index in [0.717, 1.165) is 12.6 Å². The largest absolute Gasteiger partial charge is 0.317 e. The van der Waals surface area contributed by atoms with E-state index in [1.807, 2.05) is 11.6 Å². The zero-order valence-electron chi connectivity index (χ0n) is 8.83. The van der Waals surface area contributed by atoms with Gasteiger partial charge in [0.05, 0.1) is 0 Å². The lowest BCUT2D eigenvalue weighted by atomic mass is 9.94. The van der Waals surface area contributed by atoms with Crippen LogP contribution in [-0.4, -0.2) is 24.1 Å². The number of aromatic nitrogens is 1. The van der Waals surface area contributed by atoms with Gasteiger partial charge in [0.15, 0.2) is 0 Å². The smallest absolute Gasteiger partial charge is 0.106 e. The molecule has 1 aliphatic carbocycles. The Morgan fingerprint density at radius 1 is 1.53 bits per heavy atom. The van der Waals surface area contributed by atoms with Crippen molar-refractivity contribution in [3.8, 4) is 0 Å². The van der Waals surface area contributed by atoms with Gasteiger partial charge >= 0.3 is 0 Å². The quantitative estimate of drug-likeness (QED) is 0.813. The summed E-state index contributed by atoms with van der Waals surface area (Å²) in [4.78, 5) is 4.29. The average molecular weight is 223 g/mol. The molecule has 1 saturated carbocycles. The van der Waals surface area contributed by atoms with Crippen LogP contribution in [0.15, 0.2) is 11.6 Å². The van der Waals surface area contributed by atoms with Crippen LogP contribution in [0.2, 0.25) is 0 Å². The number of nitrogens with one attached hydrogen (secondary N) is 2. The SMILES string of the molecule is c1csc(CNC2CC23CCNCC3)n1. The topological polar surface area (TPSA) is 37.0 Å². The van der Waals surface area contributed by atoms with Crippen molar-refractivity contribution in [2.45, 2.75) is 31.8 Å². The van der Waals surface area contributed by atoms with Crippen molar-refractivity contribution in [3.05, 3.63) is 16.6 Å². The normalized spacial score (nSPS) is 28.1. The van der Waals surface area contributed by atoms with Crippen LogP contribution < -0.4 is 10.6 Å². The minimum atomic E-state index is 0.641. The van der Waals surface area contributed by atoms with Crippen molar-refractivity contribution in [2.24, 2.45) is 5.41 Å². The second kappa shape index (κ2) is 3.85. The molecule has 1 aromatic rings. The molecule has 2 N–H and O–H groups in total. The van der Waals surface area contributed by atoms with Gasteiger partial charge < -0.3 is 10.6 Å². The molecule has 0 aromatic carbocycles. The van der Waals surface area contributed by atoms with Crippen molar-refractivity contribution in [3.63, 3.8) is 0 Å². The maximum Gasteiger partial charge on any atom is 0.106 e. The Kier molecular flexibility index (Phi) is 2.50. The molecule has 2 aliphatic rings. The Morgan fingerprint density at radius 3 is 3.13 bits per heavy atom. The Bertz CT molecular complexity index is 317. The third-order valence-electron chi connectivity index (χ3n) is 3.77. The number of nitrogens with zero attached hydrogens (tertiary/aromatic N) is 1. The molecule has 0 bridgehead atoms. The van der Waals surface area contributed by atoms with E-state index in [9.17, 15) is 0 Å². The van der Waals surface area contributed by atoms with Gasteiger partial charge in [0, 0.05) is 24.2 Å². The van der Waals surface area contributed by atoms with Gasteiger partial charge in [-0.15, -0.1) is 11.3 Å². The van der Waals surface area contributed by atoms with Crippen molar-refractivity contribution < 1.29 is 0 Å². The van der Waals surface area contributed by atoms with Gasteiger partial charge in [-0.05, 0) is 37.8 Å². The van der Waals surface area contributed by atoms with E-state index < -0.39 is 0 Å². The third kappa shape index (κ3) is 1.94. The molecule has 2 heterocycles. The molecular formula is C11H17N3S. The lowest BCUT2D eigenvalue weighted by Gasteiger charge is -2.23. The molecule has 4 heteroatoms. The van der Waals surface area contributed by atoms with Gasteiger partial charge in [0.1, 0.15) is 5.01 Å². The van der Waals surface area contributed by atoms with E-state index in [-0.39, 0.29) is 0 Å². The zero-order valence-corrected chi connectivity index (χ0v) is 9.65. The molecular weight excluding hydrogens is 206 g/mol. The van der Waals surface area contributed by atoms with Crippen LogP contribution in [0.1, 0.15) is 24.3 Å². The Labute approximate surface area is 94.3 Å². The van der Waals surface area contributed by atoms with Gasteiger partial charge in [-0.3, -0.25) is 0 Å². The number of rotatable bonds is 3. The molecule has 1 aromatic heterocycles. The maximum absolute atomic E-state index is 4.29. The number of thiazole rings is 1. The Morgan fingerprint density at radius 2 is 2.40 bits per heavy atom. The summed E-state index contributed by atoms with van der Waals surface area (Å²) < 4.78 is 0. The lowest BCUT2D eigenvalue weighted by Crippen LogP contribution is -2.33. The Balaban J connectivity index is 1.50. The highest BCUT2D eigenvalue weighted by Gasteiger charge is 2.53. The van der Waals surface area contributed by atoms with Crippen molar-refractivity contribution in [1.82, 2.24) is 15.6 Å². The molecule has 1 atom stereocenters. The van der Waals surface area contributed by atoms with Crippen LogP contribution in [0.3, 0.4) is 0 Å². The van der Waals surface area contributed by atoms with Crippen LogP contribution >= 0.6 is 11.3 Å². The summed E-state index contributed by atoms with van der Waals surface area (Å²) in [5, 5.41) is 10.3. The summed E-state index contributed by atoms with van der Waals surface area (Å²) in [6, 6.07) is 0.753. The number of piperidine rings is 1. The summed E-state index contributed by atoms with van der Waals surface area (Å²) >= 11 is 1.74. The monoisotopic (exact) mass is 223 g/mol. The first-order valence-electron chi connectivity index (χ1n) is 5.72. The van der Waals surface area contributed by atoms with Crippen molar-refractivity contribution >= 4 is 11.3 Å². The fraction of sp³-hybridized carbons (Fsp3) is 0.727. The molecule has 1 saturated heterocycles. The van der Waals surface area contributed by atoms with E-state index in [0.29, 0.717) is 5.41 Å². The van der Waals surface area contributed by atoms with E-state index in [2.05, 4.69) is 15.6 Å². The second-order valence-corrected chi connectivity index (χ2v) is 5.65. The summed E-state index contributed by atoms with van der Waals surface area (Å²) in [5.41, 5.74) is 0.641. The number of hydrogen-bond acceptors (Lipinski definition) is 4. The lowest BCUT2D eigenvalue weighted by molar-refractivity contribution is 0.328. The van der Waals surface area contributed by atoms with Gasteiger partial charge in [-0.25, -0.2) is 4.98 Å². The molecule has 1 spiro atoms. The highest BCUT2D eigenvalue weighted by Crippen LogP contribution is 2.52. The fourth-order valence-electron chi connectivity index (χ4n) is 2.66. The zero-order chi connectivity index (χ0) is 10.1. The molecule has 3 rings (SSSR count). The highest BCUT2D eigenvalue weighted by molar-refractivity contribution is 7.09. The molecule has 3 nitrogen and oxygen atoms in total. The van der Waals surface area contributed by atoms with Crippen LogP contribution in [0.25, 0.3) is 0 Å². The van der Waals surface area contributed by atoms with E-state index in [1.54, 1.807) is 11.3 Å².